The Balaban J connectivity index is 2.05. The number of halogens is 1. The maximum Gasteiger partial charge on any atom is 0.205 e. The molecule has 0 saturated carbocycles. The van der Waals surface area contributed by atoms with Crippen LogP contribution in [0.15, 0.2) is 23.7 Å². The van der Waals surface area contributed by atoms with Crippen molar-refractivity contribution in [1.82, 2.24) is 10.2 Å². The Morgan fingerprint density at radius 2 is 2.33 bits per heavy atom. The fourth-order valence-corrected chi connectivity index (χ4v) is 1.72. The molecule has 1 heterocycles. The van der Waals surface area contributed by atoms with Gasteiger partial charge in [-0.3, -0.25) is 0 Å². The zero-order valence-electron chi connectivity index (χ0n) is 8.20. The molecule has 0 unspecified atom stereocenters. The van der Waals surface area contributed by atoms with Crippen molar-refractivity contribution < 1.29 is 4.39 Å². The fourth-order valence-electron chi connectivity index (χ4n) is 1.28. The lowest BCUT2D eigenvalue weighted by Crippen LogP contribution is -2.01. The first-order valence-corrected chi connectivity index (χ1v) is 5.39. The molecule has 0 spiro atoms. The van der Waals surface area contributed by atoms with Crippen molar-refractivity contribution in [3.05, 3.63) is 40.7 Å². The van der Waals surface area contributed by atoms with Gasteiger partial charge in [0.15, 0.2) is 0 Å². The number of aromatic nitrogens is 2. The summed E-state index contributed by atoms with van der Waals surface area (Å²) in [5.74, 6) is -0.202. The Labute approximate surface area is 91.0 Å². The van der Waals surface area contributed by atoms with Gasteiger partial charge in [-0.05, 0) is 30.2 Å². The number of aryl methyl sites for hydroxylation is 1. The average molecular weight is 223 g/mol. The molecule has 3 nitrogen and oxygen atoms in total. The molecule has 2 rings (SSSR count). The van der Waals surface area contributed by atoms with Crippen molar-refractivity contribution in [2.45, 2.75) is 13.5 Å². The molecule has 5 heteroatoms. The Bertz CT molecular complexity index is 442. The Kier molecular flexibility index (Phi) is 2.91. The zero-order valence-corrected chi connectivity index (χ0v) is 9.01. The second-order valence-corrected chi connectivity index (χ2v) is 4.00. The molecule has 0 amide bonds. The zero-order chi connectivity index (χ0) is 10.7. The lowest BCUT2D eigenvalue weighted by atomic mass is 10.1. The van der Waals surface area contributed by atoms with Crippen molar-refractivity contribution in [2.75, 3.05) is 5.32 Å². The lowest BCUT2D eigenvalue weighted by Gasteiger charge is -2.05. The third kappa shape index (κ3) is 2.50. The van der Waals surface area contributed by atoms with Crippen molar-refractivity contribution in [3.63, 3.8) is 0 Å². The van der Waals surface area contributed by atoms with Gasteiger partial charge < -0.3 is 5.32 Å². The normalized spacial score (nSPS) is 10.3. The van der Waals surface area contributed by atoms with Crippen LogP contribution in [0, 0.1) is 12.7 Å². The van der Waals surface area contributed by atoms with Crippen molar-refractivity contribution in [3.8, 4) is 0 Å². The highest BCUT2D eigenvalue weighted by Gasteiger charge is 2.01. The Hall–Kier alpha value is -1.49. The number of nitrogens with one attached hydrogen (secondary N) is 1. The van der Waals surface area contributed by atoms with E-state index in [1.807, 2.05) is 6.92 Å². The molecule has 0 bridgehead atoms. The van der Waals surface area contributed by atoms with E-state index in [1.165, 1.54) is 23.5 Å². The number of anilines is 1. The molecule has 0 atom stereocenters. The van der Waals surface area contributed by atoms with Crippen LogP contribution in [0.5, 0.6) is 0 Å². The number of rotatable bonds is 3. The van der Waals surface area contributed by atoms with Crippen LogP contribution in [0.2, 0.25) is 0 Å². The van der Waals surface area contributed by atoms with Crippen LogP contribution in [0.1, 0.15) is 11.1 Å². The number of hydrogen-bond donors (Lipinski definition) is 1. The standard InChI is InChI=1S/C10H10FN3S/c1-7-4-9(11)3-2-8(7)5-12-10-14-13-6-15-10/h2-4,6H,5H2,1H3,(H,12,14). The molecule has 1 N–H and O–H groups in total. The molecule has 0 saturated heterocycles. The topological polar surface area (TPSA) is 37.8 Å². The highest BCUT2D eigenvalue weighted by Crippen LogP contribution is 2.14. The summed E-state index contributed by atoms with van der Waals surface area (Å²) < 4.78 is 12.8. The monoisotopic (exact) mass is 223 g/mol. The van der Waals surface area contributed by atoms with Gasteiger partial charge in [0.1, 0.15) is 11.3 Å². The lowest BCUT2D eigenvalue weighted by molar-refractivity contribution is 0.625. The second kappa shape index (κ2) is 4.35. The smallest absolute Gasteiger partial charge is 0.205 e. The highest BCUT2D eigenvalue weighted by molar-refractivity contribution is 7.13. The van der Waals surface area contributed by atoms with Crippen LogP contribution < -0.4 is 5.32 Å². The molecular formula is C10H10FN3S. The highest BCUT2D eigenvalue weighted by atomic mass is 32.1. The van der Waals surface area contributed by atoms with E-state index in [9.17, 15) is 4.39 Å². The van der Waals surface area contributed by atoms with Crippen molar-refractivity contribution >= 4 is 16.5 Å². The van der Waals surface area contributed by atoms with Gasteiger partial charge in [0.25, 0.3) is 0 Å². The molecule has 0 radical (unpaired) electrons. The fraction of sp³-hybridized carbons (Fsp3) is 0.200. The number of hydrogen-bond acceptors (Lipinski definition) is 4. The van der Waals surface area contributed by atoms with Crippen LogP contribution in [0.3, 0.4) is 0 Å². The van der Waals surface area contributed by atoms with E-state index in [0.717, 1.165) is 16.3 Å². The third-order valence-corrected chi connectivity index (χ3v) is 2.74. The number of benzene rings is 1. The summed E-state index contributed by atoms with van der Waals surface area (Å²) in [6, 6.07) is 4.76. The van der Waals surface area contributed by atoms with Crippen molar-refractivity contribution in [2.24, 2.45) is 0 Å². The molecule has 0 aliphatic carbocycles. The molecule has 0 aliphatic rings. The summed E-state index contributed by atoms with van der Waals surface area (Å²) in [6.07, 6.45) is 0. The maximum absolute atomic E-state index is 12.8. The third-order valence-electron chi connectivity index (χ3n) is 2.09. The maximum atomic E-state index is 12.8. The summed E-state index contributed by atoms with van der Waals surface area (Å²) >= 11 is 1.44. The van der Waals surface area contributed by atoms with Gasteiger partial charge >= 0.3 is 0 Å². The first kappa shape index (κ1) is 10.0. The average Bonchev–Trinajstić information content (AvgIpc) is 2.69. The molecule has 0 fully saturated rings. The van der Waals surface area contributed by atoms with Gasteiger partial charge in [0.05, 0.1) is 0 Å². The van der Waals surface area contributed by atoms with Gasteiger partial charge in [-0.2, -0.15) is 0 Å². The van der Waals surface area contributed by atoms with E-state index in [1.54, 1.807) is 11.6 Å². The number of nitrogens with zero attached hydrogens (tertiary/aromatic N) is 2. The molecule has 15 heavy (non-hydrogen) atoms. The first-order chi connectivity index (χ1) is 7.25. The second-order valence-electron chi connectivity index (χ2n) is 3.17. The van der Waals surface area contributed by atoms with Crippen LogP contribution in [0.4, 0.5) is 9.52 Å². The Morgan fingerprint density at radius 3 is 3.00 bits per heavy atom. The quantitative estimate of drug-likeness (QED) is 0.869. The van der Waals surface area contributed by atoms with E-state index in [0.29, 0.717) is 6.54 Å². The summed E-state index contributed by atoms with van der Waals surface area (Å²) in [5, 5.41) is 11.5. The van der Waals surface area contributed by atoms with E-state index in [-0.39, 0.29) is 5.82 Å². The Morgan fingerprint density at radius 1 is 1.47 bits per heavy atom. The molecule has 1 aromatic heterocycles. The molecule has 1 aromatic carbocycles. The SMILES string of the molecule is Cc1cc(F)ccc1CNc1nncs1. The van der Waals surface area contributed by atoms with E-state index in [2.05, 4.69) is 15.5 Å². The van der Waals surface area contributed by atoms with Crippen LogP contribution in [-0.2, 0) is 6.54 Å². The van der Waals surface area contributed by atoms with Gasteiger partial charge in [-0.25, -0.2) is 4.39 Å². The summed E-state index contributed by atoms with van der Waals surface area (Å²) in [6.45, 7) is 2.53. The minimum Gasteiger partial charge on any atom is -0.356 e. The van der Waals surface area contributed by atoms with E-state index in [4.69, 9.17) is 0 Å². The summed E-state index contributed by atoms with van der Waals surface area (Å²) in [4.78, 5) is 0. The van der Waals surface area contributed by atoms with Crippen molar-refractivity contribution in [1.29, 1.82) is 0 Å². The van der Waals surface area contributed by atoms with Crippen LogP contribution >= 0.6 is 11.3 Å². The van der Waals surface area contributed by atoms with Gasteiger partial charge in [0.2, 0.25) is 5.13 Å². The molecule has 0 aliphatic heterocycles. The summed E-state index contributed by atoms with van der Waals surface area (Å²) in [5.41, 5.74) is 3.67. The van der Waals surface area contributed by atoms with E-state index >= 15 is 0 Å². The van der Waals surface area contributed by atoms with Crippen LogP contribution in [0.25, 0.3) is 0 Å². The molecular weight excluding hydrogens is 213 g/mol. The largest absolute Gasteiger partial charge is 0.356 e. The molecule has 78 valence electrons. The van der Waals surface area contributed by atoms with Gasteiger partial charge in [-0.1, -0.05) is 17.4 Å². The predicted molar refractivity (Wildman–Crippen MR) is 58.4 cm³/mol. The first-order valence-electron chi connectivity index (χ1n) is 4.51. The van der Waals surface area contributed by atoms with Gasteiger partial charge in [0, 0.05) is 6.54 Å². The van der Waals surface area contributed by atoms with Gasteiger partial charge in [-0.15, -0.1) is 10.2 Å². The minimum atomic E-state index is -0.202. The van der Waals surface area contributed by atoms with Crippen LogP contribution in [-0.4, -0.2) is 10.2 Å². The predicted octanol–water partition coefficient (Wildman–Crippen LogP) is 2.60. The van der Waals surface area contributed by atoms with E-state index < -0.39 is 0 Å². The minimum absolute atomic E-state index is 0.202. The summed E-state index contributed by atoms with van der Waals surface area (Å²) in [7, 11) is 0. The molecule has 2 aromatic rings.